The third kappa shape index (κ3) is 9.41. The van der Waals surface area contributed by atoms with Crippen LogP contribution in [0.3, 0.4) is 0 Å². The summed E-state index contributed by atoms with van der Waals surface area (Å²) in [6.07, 6.45) is 4.83. The Bertz CT molecular complexity index is 1900. The summed E-state index contributed by atoms with van der Waals surface area (Å²) in [5.74, 6) is -0.590. The molecule has 10 nitrogen and oxygen atoms in total. The number of halogens is 1. The predicted molar refractivity (Wildman–Crippen MR) is 198 cm³/mol. The van der Waals surface area contributed by atoms with Gasteiger partial charge in [-0.05, 0) is 67.8 Å². The normalized spacial score (nSPS) is 13.8. The number of amides is 2. The SMILES string of the molecule is CCOc1ccc(N(CC(=O)N(Cc2ccccc2F)C(Cc2ccccc2)C(=O)NC2CCCCC2)S(=O)(=O)c2ccc(OC)c(OC)c2)cc1. The van der Waals surface area contributed by atoms with Crippen molar-refractivity contribution < 1.29 is 36.6 Å². The Morgan fingerprint density at radius 1 is 0.865 bits per heavy atom. The minimum absolute atomic E-state index is 0.0595. The quantitative estimate of drug-likeness (QED) is 0.140. The zero-order valence-electron chi connectivity index (χ0n) is 29.8. The van der Waals surface area contributed by atoms with Crippen molar-refractivity contribution in [1.82, 2.24) is 10.2 Å². The number of methoxy groups -OCH3 is 2. The molecular weight excluding hydrogens is 686 g/mol. The Kier molecular flexibility index (Phi) is 13.1. The fourth-order valence-electron chi connectivity index (χ4n) is 6.42. The Morgan fingerprint density at radius 3 is 2.19 bits per heavy atom. The Morgan fingerprint density at radius 2 is 1.54 bits per heavy atom. The summed E-state index contributed by atoms with van der Waals surface area (Å²) < 4.78 is 61.6. The van der Waals surface area contributed by atoms with Crippen LogP contribution < -0.4 is 23.8 Å². The van der Waals surface area contributed by atoms with Gasteiger partial charge in [0, 0.05) is 30.6 Å². The van der Waals surface area contributed by atoms with Crippen molar-refractivity contribution in [2.24, 2.45) is 0 Å². The maximum Gasteiger partial charge on any atom is 0.264 e. The van der Waals surface area contributed by atoms with Crippen LogP contribution >= 0.6 is 0 Å². The van der Waals surface area contributed by atoms with E-state index in [1.54, 1.807) is 42.5 Å². The second-order valence-electron chi connectivity index (χ2n) is 12.6. The Hall–Kier alpha value is -5.10. The zero-order chi connectivity index (χ0) is 37.1. The van der Waals surface area contributed by atoms with Gasteiger partial charge in [0.15, 0.2) is 11.5 Å². The number of hydrogen-bond acceptors (Lipinski definition) is 7. The molecule has 1 saturated carbocycles. The van der Waals surface area contributed by atoms with E-state index in [0.717, 1.165) is 42.0 Å². The van der Waals surface area contributed by atoms with E-state index in [9.17, 15) is 18.0 Å². The average Bonchev–Trinajstić information content (AvgIpc) is 3.16. The number of benzene rings is 4. The van der Waals surface area contributed by atoms with Gasteiger partial charge in [-0.25, -0.2) is 12.8 Å². The molecule has 1 aliphatic rings. The molecule has 0 spiro atoms. The van der Waals surface area contributed by atoms with Crippen LogP contribution in [0, 0.1) is 5.82 Å². The molecule has 1 fully saturated rings. The highest BCUT2D eigenvalue weighted by molar-refractivity contribution is 7.92. The number of carbonyl (C=O) groups excluding carboxylic acids is 2. The van der Waals surface area contributed by atoms with Crippen molar-refractivity contribution in [3.05, 3.63) is 114 Å². The zero-order valence-corrected chi connectivity index (χ0v) is 30.6. The van der Waals surface area contributed by atoms with Gasteiger partial charge in [0.1, 0.15) is 24.2 Å². The minimum Gasteiger partial charge on any atom is -0.494 e. The fraction of sp³-hybridized carbons (Fsp3) is 0.350. The van der Waals surface area contributed by atoms with Crippen LogP contribution in [0.5, 0.6) is 17.2 Å². The summed E-state index contributed by atoms with van der Waals surface area (Å²) in [5, 5.41) is 3.16. The molecule has 0 aromatic heterocycles. The van der Waals surface area contributed by atoms with Crippen LogP contribution in [0.1, 0.15) is 50.2 Å². The standard InChI is InChI=1S/C40H46FN3O7S/c1-4-51-33-21-19-32(20-22-33)44(52(47,48)34-23-24-37(49-2)38(26-34)50-3)28-39(45)43(27-30-15-11-12-18-35(30)41)36(25-29-13-7-5-8-14-29)40(46)42-31-16-9-6-10-17-31/h5,7-8,11-15,18-24,26,31,36H,4,6,9-10,16-17,25,27-28H2,1-3H3,(H,42,46). The number of anilines is 1. The summed E-state index contributed by atoms with van der Waals surface area (Å²) in [6.45, 7) is 1.28. The predicted octanol–water partition coefficient (Wildman–Crippen LogP) is 6.53. The van der Waals surface area contributed by atoms with Crippen molar-refractivity contribution in [2.45, 2.75) is 69.0 Å². The molecule has 1 N–H and O–H groups in total. The molecule has 5 rings (SSSR count). The largest absolute Gasteiger partial charge is 0.494 e. The molecule has 4 aromatic carbocycles. The van der Waals surface area contributed by atoms with Crippen molar-refractivity contribution in [1.29, 1.82) is 0 Å². The molecule has 0 bridgehead atoms. The first-order valence-electron chi connectivity index (χ1n) is 17.5. The molecule has 2 amide bonds. The van der Waals surface area contributed by atoms with E-state index < -0.39 is 34.3 Å². The highest BCUT2D eigenvalue weighted by atomic mass is 32.2. The van der Waals surface area contributed by atoms with Crippen LogP contribution in [0.2, 0.25) is 0 Å². The summed E-state index contributed by atoms with van der Waals surface area (Å²) in [4.78, 5) is 30.2. The number of ether oxygens (including phenoxy) is 3. The number of carbonyl (C=O) groups is 2. The minimum atomic E-state index is -4.44. The number of rotatable bonds is 16. The molecule has 1 unspecified atom stereocenters. The van der Waals surface area contributed by atoms with Crippen molar-refractivity contribution in [2.75, 3.05) is 31.7 Å². The molecule has 0 heterocycles. The highest BCUT2D eigenvalue weighted by Crippen LogP contribution is 2.33. The molecule has 52 heavy (non-hydrogen) atoms. The van der Waals surface area contributed by atoms with Crippen molar-refractivity contribution >= 4 is 27.5 Å². The first-order chi connectivity index (χ1) is 25.1. The number of hydrogen-bond donors (Lipinski definition) is 1. The van der Waals surface area contributed by atoms with Gasteiger partial charge in [-0.15, -0.1) is 0 Å². The number of nitrogens with one attached hydrogen (secondary N) is 1. The molecule has 0 radical (unpaired) electrons. The Balaban J connectivity index is 1.59. The number of nitrogens with zero attached hydrogens (tertiary/aromatic N) is 2. The van der Waals surface area contributed by atoms with E-state index in [2.05, 4.69) is 5.32 Å². The van der Waals surface area contributed by atoms with Gasteiger partial charge in [0.2, 0.25) is 11.8 Å². The molecule has 0 aliphatic heterocycles. The molecule has 0 saturated heterocycles. The van der Waals surface area contributed by atoms with Crippen LogP contribution in [0.4, 0.5) is 10.1 Å². The van der Waals surface area contributed by atoms with Gasteiger partial charge >= 0.3 is 0 Å². The first kappa shape index (κ1) is 38.1. The monoisotopic (exact) mass is 731 g/mol. The van der Waals surface area contributed by atoms with Crippen LogP contribution in [-0.2, 0) is 32.6 Å². The third-order valence-electron chi connectivity index (χ3n) is 9.18. The summed E-state index contributed by atoms with van der Waals surface area (Å²) >= 11 is 0. The van der Waals surface area contributed by atoms with Crippen LogP contribution in [-0.4, -0.2) is 64.6 Å². The van der Waals surface area contributed by atoms with E-state index in [-0.39, 0.29) is 46.8 Å². The van der Waals surface area contributed by atoms with Crippen molar-refractivity contribution in [3.63, 3.8) is 0 Å². The van der Waals surface area contributed by atoms with Gasteiger partial charge in [0.05, 0.1) is 31.4 Å². The molecular formula is C40H46FN3O7S. The average molecular weight is 732 g/mol. The smallest absolute Gasteiger partial charge is 0.264 e. The third-order valence-corrected chi connectivity index (χ3v) is 10.9. The van der Waals surface area contributed by atoms with Gasteiger partial charge in [-0.2, -0.15) is 0 Å². The van der Waals surface area contributed by atoms with Gasteiger partial charge < -0.3 is 24.4 Å². The van der Waals surface area contributed by atoms with Crippen molar-refractivity contribution in [3.8, 4) is 17.2 Å². The lowest BCUT2D eigenvalue weighted by molar-refractivity contribution is -0.140. The summed E-state index contributed by atoms with van der Waals surface area (Å²) in [5.41, 5.74) is 1.16. The van der Waals surface area contributed by atoms with Gasteiger partial charge in [-0.1, -0.05) is 67.8 Å². The first-order valence-corrected chi connectivity index (χ1v) is 18.9. The Labute approximate surface area is 305 Å². The summed E-state index contributed by atoms with van der Waals surface area (Å²) in [7, 11) is -1.60. The van der Waals surface area contributed by atoms with E-state index in [1.165, 1.54) is 43.4 Å². The maximum absolute atomic E-state index is 15.3. The molecule has 4 aromatic rings. The van der Waals surface area contributed by atoms with Gasteiger partial charge in [-0.3, -0.25) is 13.9 Å². The second kappa shape index (κ2) is 17.9. The number of sulfonamides is 1. The second-order valence-corrected chi connectivity index (χ2v) is 14.5. The fourth-order valence-corrected chi connectivity index (χ4v) is 7.85. The van der Waals surface area contributed by atoms with Crippen LogP contribution in [0.25, 0.3) is 0 Å². The lowest BCUT2D eigenvalue weighted by Crippen LogP contribution is -2.55. The van der Waals surface area contributed by atoms with E-state index in [4.69, 9.17) is 14.2 Å². The van der Waals surface area contributed by atoms with Crippen LogP contribution in [0.15, 0.2) is 102 Å². The lowest BCUT2D eigenvalue weighted by Gasteiger charge is -2.35. The lowest BCUT2D eigenvalue weighted by atomic mass is 9.94. The molecule has 12 heteroatoms. The molecule has 1 aliphatic carbocycles. The van der Waals surface area contributed by atoms with E-state index >= 15 is 4.39 Å². The molecule has 1 atom stereocenters. The van der Waals surface area contributed by atoms with E-state index in [0.29, 0.717) is 18.1 Å². The topological polar surface area (TPSA) is 114 Å². The highest BCUT2D eigenvalue weighted by Gasteiger charge is 2.36. The molecule has 276 valence electrons. The maximum atomic E-state index is 15.3. The van der Waals surface area contributed by atoms with Gasteiger partial charge in [0.25, 0.3) is 10.0 Å². The summed E-state index contributed by atoms with van der Waals surface area (Å²) in [6, 6.07) is 24.7. The van der Waals surface area contributed by atoms with E-state index in [1.807, 2.05) is 37.3 Å².